The molecule has 100 valence electrons. The highest BCUT2D eigenvalue weighted by Gasteiger charge is 2.37. The summed E-state index contributed by atoms with van der Waals surface area (Å²) in [6.07, 6.45) is 3.96. The van der Waals surface area contributed by atoms with Crippen molar-refractivity contribution >= 4 is 0 Å². The van der Waals surface area contributed by atoms with Crippen LogP contribution in [-0.2, 0) is 9.47 Å². The second kappa shape index (κ2) is 4.64. The van der Waals surface area contributed by atoms with Crippen LogP contribution in [0, 0.1) is 0 Å². The van der Waals surface area contributed by atoms with Crippen LogP contribution in [0.1, 0.15) is 38.5 Å². The standard InChI is InChI=1S/C13H21N3O2/c1-13(2)7-9(8-18-13)15-10-4-6-17-12(10)11-3-5-14-16-11/h3,5,9-10,12,15H,4,6-8H2,1-2H3,(H,14,16)/t9?,10-,12-/m1/s1. The first kappa shape index (κ1) is 12.1. The summed E-state index contributed by atoms with van der Waals surface area (Å²) in [6.45, 7) is 5.88. The van der Waals surface area contributed by atoms with Crippen molar-refractivity contribution < 1.29 is 9.47 Å². The Balaban J connectivity index is 1.62. The summed E-state index contributed by atoms with van der Waals surface area (Å²) in [6, 6.07) is 2.77. The summed E-state index contributed by atoms with van der Waals surface area (Å²) in [5, 5.41) is 10.7. The maximum atomic E-state index is 5.80. The Morgan fingerprint density at radius 2 is 2.39 bits per heavy atom. The Bertz CT molecular complexity index is 391. The maximum absolute atomic E-state index is 5.80. The Morgan fingerprint density at radius 3 is 3.06 bits per heavy atom. The van der Waals surface area contributed by atoms with Crippen molar-refractivity contribution in [1.29, 1.82) is 0 Å². The van der Waals surface area contributed by atoms with E-state index in [9.17, 15) is 0 Å². The summed E-state index contributed by atoms with van der Waals surface area (Å²) in [4.78, 5) is 0. The molecule has 0 spiro atoms. The molecule has 3 heterocycles. The van der Waals surface area contributed by atoms with E-state index in [-0.39, 0.29) is 11.7 Å². The van der Waals surface area contributed by atoms with Crippen LogP contribution in [0.3, 0.4) is 0 Å². The molecule has 0 bridgehead atoms. The molecule has 1 aromatic heterocycles. The van der Waals surface area contributed by atoms with Gasteiger partial charge in [-0.3, -0.25) is 5.10 Å². The van der Waals surface area contributed by atoms with Crippen molar-refractivity contribution in [1.82, 2.24) is 15.5 Å². The summed E-state index contributed by atoms with van der Waals surface area (Å²) < 4.78 is 11.6. The number of nitrogens with zero attached hydrogens (tertiary/aromatic N) is 1. The van der Waals surface area contributed by atoms with Crippen molar-refractivity contribution in [3.05, 3.63) is 18.0 Å². The molecule has 0 amide bonds. The molecule has 2 saturated heterocycles. The molecule has 2 fully saturated rings. The molecular formula is C13H21N3O2. The van der Waals surface area contributed by atoms with Crippen molar-refractivity contribution in [2.75, 3.05) is 13.2 Å². The third-order valence-electron chi connectivity index (χ3n) is 3.78. The van der Waals surface area contributed by atoms with Crippen molar-refractivity contribution in [3.8, 4) is 0 Å². The molecule has 3 atom stereocenters. The predicted molar refractivity (Wildman–Crippen MR) is 67.3 cm³/mol. The fourth-order valence-corrected chi connectivity index (χ4v) is 2.94. The number of hydrogen-bond donors (Lipinski definition) is 2. The SMILES string of the molecule is CC1(C)CC(N[C@@H]2CCO[C@H]2c2ccn[nH]2)CO1. The molecule has 5 heteroatoms. The van der Waals surface area contributed by atoms with Gasteiger partial charge >= 0.3 is 0 Å². The Morgan fingerprint density at radius 1 is 1.50 bits per heavy atom. The van der Waals surface area contributed by atoms with Crippen LogP contribution in [0.4, 0.5) is 0 Å². The van der Waals surface area contributed by atoms with Crippen LogP contribution in [-0.4, -0.2) is 41.1 Å². The molecule has 2 aliphatic heterocycles. The van der Waals surface area contributed by atoms with Gasteiger partial charge in [0.25, 0.3) is 0 Å². The van der Waals surface area contributed by atoms with E-state index >= 15 is 0 Å². The fraction of sp³-hybridized carbons (Fsp3) is 0.769. The first-order chi connectivity index (χ1) is 8.64. The Hall–Kier alpha value is -0.910. The molecule has 1 unspecified atom stereocenters. The van der Waals surface area contributed by atoms with Crippen molar-refractivity contribution in [3.63, 3.8) is 0 Å². The van der Waals surface area contributed by atoms with Gasteiger partial charge in [0.05, 0.1) is 17.9 Å². The minimum absolute atomic E-state index is 0.000607. The van der Waals surface area contributed by atoms with Crippen LogP contribution in [0.2, 0.25) is 0 Å². The van der Waals surface area contributed by atoms with Gasteiger partial charge in [0.1, 0.15) is 6.10 Å². The summed E-state index contributed by atoms with van der Waals surface area (Å²) in [7, 11) is 0. The quantitative estimate of drug-likeness (QED) is 0.852. The Labute approximate surface area is 107 Å². The molecule has 2 aliphatic rings. The molecule has 0 aliphatic carbocycles. The highest BCUT2D eigenvalue weighted by molar-refractivity contribution is 5.08. The van der Waals surface area contributed by atoms with E-state index in [0.29, 0.717) is 12.1 Å². The van der Waals surface area contributed by atoms with Gasteiger partial charge in [-0.15, -0.1) is 0 Å². The van der Waals surface area contributed by atoms with Gasteiger partial charge in [-0.25, -0.2) is 0 Å². The van der Waals surface area contributed by atoms with Gasteiger partial charge < -0.3 is 14.8 Å². The molecular weight excluding hydrogens is 230 g/mol. The first-order valence-corrected chi connectivity index (χ1v) is 6.65. The number of aromatic amines is 1. The van der Waals surface area contributed by atoms with Crippen LogP contribution in [0.15, 0.2) is 12.3 Å². The van der Waals surface area contributed by atoms with Crippen LogP contribution in [0.25, 0.3) is 0 Å². The summed E-state index contributed by atoms with van der Waals surface area (Å²) in [5.74, 6) is 0. The van der Waals surface area contributed by atoms with Crippen molar-refractivity contribution in [2.45, 2.75) is 50.5 Å². The van der Waals surface area contributed by atoms with Gasteiger partial charge in [-0.05, 0) is 32.8 Å². The van der Waals surface area contributed by atoms with E-state index in [1.54, 1.807) is 6.20 Å². The Kier molecular flexibility index (Phi) is 3.13. The zero-order valence-corrected chi connectivity index (χ0v) is 11.0. The number of nitrogens with one attached hydrogen (secondary N) is 2. The van der Waals surface area contributed by atoms with Gasteiger partial charge in [-0.1, -0.05) is 0 Å². The maximum Gasteiger partial charge on any atom is 0.114 e. The summed E-state index contributed by atoms with van der Waals surface area (Å²) >= 11 is 0. The van der Waals surface area contributed by atoms with Gasteiger partial charge in [0.2, 0.25) is 0 Å². The van der Waals surface area contributed by atoms with E-state index in [1.165, 1.54) is 0 Å². The average Bonchev–Trinajstić information content (AvgIpc) is 2.99. The number of ether oxygens (including phenoxy) is 2. The van der Waals surface area contributed by atoms with Gasteiger partial charge in [-0.2, -0.15) is 5.10 Å². The van der Waals surface area contributed by atoms with Crippen molar-refractivity contribution in [2.24, 2.45) is 0 Å². The number of H-pyrrole nitrogens is 1. The van der Waals surface area contributed by atoms with E-state index in [0.717, 1.165) is 31.7 Å². The number of rotatable bonds is 3. The van der Waals surface area contributed by atoms with Crippen LogP contribution < -0.4 is 5.32 Å². The molecule has 3 rings (SSSR count). The normalized spacial score (nSPS) is 35.1. The second-order valence-corrected chi connectivity index (χ2v) is 5.84. The predicted octanol–water partition coefficient (Wildman–Crippen LogP) is 1.40. The average molecular weight is 251 g/mol. The topological polar surface area (TPSA) is 59.2 Å². The largest absolute Gasteiger partial charge is 0.374 e. The molecule has 2 N–H and O–H groups in total. The lowest BCUT2D eigenvalue weighted by molar-refractivity contribution is 0.0352. The second-order valence-electron chi connectivity index (χ2n) is 5.84. The van der Waals surface area contributed by atoms with E-state index in [1.807, 2.05) is 6.07 Å². The summed E-state index contributed by atoms with van der Waals surface area (Å²) in [5.41, 5.74) is 1.06. The first-order valence-electron chi connectivity index (χ1n) is 6.65. The zero-order chi connectivity index (χ0) is 12.6. The lowest BCUT2D eigenvalue weighted by Crippen LogP contribution is -2.40. The molecule has 1 aromatic rings. The van der Waals surface area contributed by atoms with Gasteiger partial charge in [0.15, 0.2) is 0 Å². The number of aromatic nitrogens is 2. The van der Waals surface area contributed by atoms with Crippen LogP contribution in [0.5, 0.6) is 0 Å². The minimum Gasteiger partial charge on any atom is -0.374 e. The monoisotopic (exact) mass is 251 g/mol. The zero-order valence-electron chi connectivity index (χ0n) is 11.0. The number of hydrogen-bond acceptors (Lipinski definition) is 4. The molecule has 0 radical (unpaired) electrons. The smallest absolute Gasteiger partial charge is 0.114 e. The minimum atomic E-state index is 0.000607. The molecule has 0 aromatic carbocycles. The van der Waals surface area contributed by atoms with E-state index < -0.39 is 0 Å². The van der Waals surface area contributed by atoms with Gasteiger partial charge in [0, 0.05) is 24.9 Å². The fourth-order valence-electron chi connectivity index (χ4n) is 2.94. The third kappa shape index (κ3) is 2.43. The van der Waals surface area contributed by atoms with E-state index in [4.69, 9.17) is 9.47 Å². The van der Waals surface area contributed by atoms with Crippen LogP contribution >= 0.6 is 0 Å². The lowest BCUT2D eigenvalue weighted by Gasteiger charge is -2.22. The lowest BCUT2D eigenvalue weighted by atomic mass is 10.0. The third-order valence-corrected chi connectivity index (χ3v) is 3.78. The molecule has 5 nitrogen and oxygen atoms in total. The molecule has 0 saturated carbocycles. The van der Waals surface area contributed by atoms with E-state index in [2.05, 4.69) is 29.4 Å². The highest BCUT2D eigenvalue weighted by atomic mass is 16.5. The molecule has 18 heavy (non-hydrogen) atoms. The highest BCUT2D eigenvalue weighted by Crippen LogP contribution is 2.30.